The van der Waals surface area contributed by atoms with E-state index in [-0.39, 0.29) is 11.4 Å². The zero-order chi connectivity index (χ0) is 18.1. The van der Waals surface area contributed by atoms with Crippen LogP contribution in [0.25, 0.3) is 21.3 Å². The summed E-state index contributed by atoms with van der Waals surface area (Å²) in [6.45, 7) is 0. The zero-order valence-electron chi connectivity index (χ0n) is 14.0. The van der Waals surface area contributed by atoms with Crippen LogP contribution in [-0.2, 0) is 6.42 Å². The zero-order valence-corrected chi connectivity index (χ0v) is 14.8. The molecule has 0 aliphatic heterocycles. The van der Waals surface area contributed by atoms with Crippen molar-refractivity contribution in [3.63, 3.8) is 0 Å². The molecule has 0 radical (unpaired) electrons. The predicted molar refractivity (Wildman–Crippen MR) is 101 cm³/mol. The Morgan fingerprint density at radius 1 is 1.19 bits per heavy atom. The van der Waals surface area contributed by atoms with Gasteiger partial charge in [0, 0.05) is 17.4 Å². The number of aromatic amines is 1. The van der Waals surface area contributed by atoms with Crippen molar-refractivity contribution < 1.29 is 9.13 Å². The number of fused-ring (bicyclic) bond motifs is 1. The minimum Gasteiger partial charge on any atom is -0.497 e. The first kappa shape index (κ1) is 16.5. The first-order valence-electron chi connectivity index (χ1n) is 8.03. The van der Waals surface area contributed by atoms with E-state index in [0.29, 0.717) is 22.5 Å². The standard InChI is InChI=1S/C20H15FN2O2S/c1-25-15-7-5-13(6-8-15)16-11-26-20-18(16)19(24)22-17(23-20)10-12-3-2-4-14(21)9-12/h2-9,11H,10H2,1H3,(H,22,23,24). The lowest BCUT2D eigenvalue weighted by Crippen LogP contribution is -2.11. The molecule has 4 nitrogen and oxygen atoms in total. The molecule has 1 N–H and O–H groups in total. The fraction of sp³-hybridized carbons (Fsp3) is 0.100. The molecule has 4 aromatic rings. The van der Waals surface area contributed by atoms with Gasteiger partial charge in [-0.1, -0.05) is 24.3 Å². The third-order valence-electron chi connectivity index (χ3n) is 4.15. The molecule has 0 aliphatic rings. The van der Waals surface area contributed by atoms with Gasteiger partial charge in [-0.25, -0.2) is 9.37 Å². The van der Waals surface area contributed by atoms with Crippen molar-refractivity contribution in [3.05, 3.63) is 81.5 Å². The highest BCUT2D eigenvalue weighted by molar-refractivity contribution is 7.17. The molecule has 0 saturated carbocycles. The average Bonchev–Trinajstić information content (AvgIpc) is 3.06. The van der Waals surface area contributed by atoms with Crippen molar-refractivity contribution in [3.8, 4) is 16.9 Å². The monoisotopic (exact) mass is 366 g/mol. The number of nitrogens with zero attached hydrogens (tertiary/aromatic N) is 1. The van der Waals surface area contributed by atoms with Gasteiger partial charge in [0.25, 0.3) is 5.56 Å². The van der Waals surface area contributed by atoms with Gasteiger partial charge >= 0.3 is 0 Å². The minimum atomic E-state index is -0.302. The Kier molecular flexibility index (Phi) is 4.26. The summed E-state index contributed by atoms with van der Waals surface area (Å²) in [4.78, 5) is 20.7. The smallest absolute Gasteiger partial charge is 0.260 e. The lowest BCUT2D eigenvalue weighted by molar-refractivity contribution is 0.415. The second-order valence-electron chi connectivity index (χ2n) is 5.88. The van der Waals surface area contributed by atoms with Crippen LogP contribution in [0.1, 0.15) is 11.4 Å². The number of nitrogens with one attached hydrogen (secondary N) is 1. The van der Waals surface area contributed by atoms with Crippen LogP contribution in [0, 0.1) is 5.82 Å². The molecule has 0 unspecified atom stereocenters. The number of rotatable bonds is 4. The van der Waals surface area contributed by atoms with Gasteiger partial charge in [-0.3, -0.25) is 4.79 Å². The van der Waals surface area contributed by atoms with Gasteiger partial charge in [0.2, 0.25) is 0 Å². The maximum absolute atomic E-state index is 13.3. The Bertz CT molecular complexity index is 1130. The van der Waals surface area contributed by atoms with Crippen molar-refractivity contribution in [2.24, 2.45) is 0 Å². The van der Waals surface area contributed by atoms with Crippen molar-refractivity contribution in [2.75, 3.05) is 7.11 Å². The van der Waals surface area contributed by atoms with Gasteiger partial charge in [-0.15, -0.1) is 11.3 Å². The summed E-state index contributed by atoms with van der Waals surface area (Å²) in [7, 11) is 1.61. The van der Waals surface area contributed by atoms with Crippen molar-refractivity contribution in [1.82, 2.24) is 9.97 Å². The molecule has 26 heavy (non-hydrogen) atoms. The molecule has 6 heteroatoms. The highest BCUT2D eigenvalue weighted by atomic mass is 32.1. The van der Waals surface area contributed by atoms with Crippen LogP contribution in [-0.4, -0.2) is 17.1 Å². The summed E-state index contributed by atoms with van der Waals surface area (Å²) in [5, 5.41) is 2.50. The molecule has 0 bridgehead atoms. The largest absolute Gasteiger partial charge is 0.497 e. The van der Waals surface area contributed by atoms with E-state index in [1.54, 1.807) is 13.2 Å². The summed E-state index contributed by atoms with van der Waals surface area (Å²) >= 11 is 1.42. The maximum atomic E-state index is 13.3. The van der Waals surface area contributed by atoms with Crippen LogP contribution >= 0.6 is 11.3 Å². The van der Waals surface area contributed by atoms with E-state index < -0.39 is 0 Å². The topological polar surface area (TPSA) is 55.0 Å². The van der Waals surface area contributed by atoms with E-state index in [1.807, 2.05) is 35.7 Å². The highest BCUT2D eigenvalue weighted by Gasteiger charge is 2.13. The maximum Gasteiger partial charge on any atom is 0.260 e. The number of benzene rings is 2. The second kappa shape index (κ2) is 6.72. The summed E-state index contributed by atoms with van der Waals surface area (Å²) in [5.41, 5.74) is 2.36. The normalized spacial score (nSPS) is 11.0. The summed E-state index contributed by atoms with van der Waals surface area (Å²) in [6, 6.07) is 13.8. The second-order valence-corrected chi connectivity index (χ2v) is 6.74. The van der Waals surface area contributed by atoms with Crippen molar-refractivity contribution >= 4 is 21.6 Å². The average molecular weight is 366 g/mol. The first-order chi connectivity index (χ1) is 12.6. The molecule has 0 fully saturated rings. The van der Waals surface area contributed by atoms with Crippen molar-refractivity contribution in [1.29, 1.82) is 0 Å². The molecule has 2 aromatic carbocycles. The van der Waals surface area contributed by atoms with Gasteiger partial charge in [0.15, 0.2) is 0 Å². The molecule has 0 aliphatic carbocycles. The van der Waals surface area contributed by atoms with Crippen LogP contribution in [0.3, 0.4) is 0 Å². The number of methoxy groups -OCH3 is 1. The van der Waals surface area contributed by atoms with Gasteiger partial charge in [-0.2, -0.15) is 0 Å². The lowest BCUT2D eigenvalue weighted by Gasteiger charge is -2.04. The molecular weight excluding hydrogens is 351 g/mol. The number of hydrogen-bond acceptors (Lipinski definition) is 4. The van der Waals surface area contributed by atoms with E-state index in [4.69, 9.17) is 4.74 Å². The van der Waals surface area contributed by atoms with Crippen LogP contribution in [0.5, 0.6) is 5.75 Å². The SMILES string of the molecule is COc1ccc(-c2csc3nc(Cc4cccc(F)c4)[nH]c(=O)c23)cc1. The van der Waals surface area contributed by atoms with Crippen LogP contribution in [0.2, 0.25) is 0 Å². The Morgan fingerprint density at radius 3 is 2.73 bits per heavy atom. The molecule has 0 atom stereocenters. The van der Waals surface area contributed by atoms with Crippen LogP contribution in [0.15, 0.2) is 58.7 Å². The number of halogens is 1. The molecule has 0 saturated heterocycles. The summed E-state index contributed by atoms with van der Waals surface area (Å²) in [6.07, 6.45) is 0.374. The molecular formula is C20H15FN2O2S. The Morgan fingerprint density at radius 2 is 2.00 bits per heavy atom. The number of ether oxygens (including phenoxy) is 1. The molecule has 0 amide bonds. The molecule has 130 valence electrons. The Labute approximate surface area is 152 Å². The molecule has 2 aromatic heterocycles. The third-order valence-corrected chi connectivity index (χ3v) is 5.03. The highest BCUT2D eigenvalue weighted by Crippen LogP contribution is 2.31. The molecule has 2 heterocycles. The molecule has 0 spiro atoms. The number of aromatic nitrogens is 2. The first-order valence-corrected chi connectivity index (χ1v) is 8.91. The van der Waals surface area contributed by atoms with Gasteiger partial charge < -0.3 is 9.72 Å². The number of hydrogen-bond donors (Lipinski definition) is 1. The third kappa shape index (κ3) is 3.11. The van der Waals surface area contributed by atoms with E-state index >= 15 is 0 Å². The van der Waals surface area contributed by atoms with E-state index in [0.717, 1.165) is 22.4 Å². The fourth-order valence-electron chi connectivity index (χ4n) is 2.90. The summed E-state index contributed by atoms with van der Waals surface area (Å²) < 4.78 is 18.5. The van der Waals surface area contributed by atoms with Crippen molar-refractivity contribution in [2.45, 2.75) is 6.42 Å². The van der Waals surface area contributed by atoms with E-state index in [1.165, 1.54) is 23.5 Å². The van der Waals surface area contributed by atoms with E-state index in [9.17, 15) is 9.18 Å². The Balaban J connectivity index is 1.74. The van der Waals surface area contributed by atoms with Crippen LogP contribution < -0.4 is 10.3 Å². The predicted octanol–water partition coefficient (Wildman–Crippen LogP) is 4.39. The van der Waals surface area contributed by atoms with E-state index in [2.05, 4.69) is 9.97 Å². The fourth-order valence-corrected chi connectivity index (χ4v) is 3.87. The lowest BCUT2D eigenvalue weighted by atomic mass is 10.1. The molecule has 4 rings (SSSR count). The van der Waals surface area contributed by atoms with Gasteiger partial charge in [-0.05, 0) is 35.4 Å². The van der Waals surface area contributed by atoms with Crippen LogP contribution in [0.4, 0.5) is 4.39 Å². The minimum absolute atomic E-state index is 0.187. The van der Waals surface area contributed by atoms with Gasteiger partial charge in [0.1, 0.15) is 22.2 Å². The number of thiophene rings is 1. The Hall–Kier alpha value is -2.99. The quantitative estimate of drug-likeness (QED) is 0.583. The van der Waals surface area contributed by atoms with Gasteiger partial charge in [0.05, 0.1) is 12.5 Å². The summed E-state index contributed by atoms with van der Waals surface area (Å²) in [5.74, 6) is 0.984. The number of H-pyrrole nitrogens is 1.